The van der Waals surface area contributed by atoms with Crippen molar-refractivity contribution in [1.82, 2.24) is 25.4 Å². The van der Waals surface area contributed by atoms with Gasteiger partial charge in [-0.1, -0.05) is 0 Å². The minimum Gasteiger partial charge on any atom is -0.466 e. The Balaban J connectivity index is 1.66. The molecule has 8 nitrogen and oxygen atoms in total. The number of guanidine groups is 1. The van der Waals surface area contributed by atoms with Gasteiger partial charge < -0.3 is 20.2 Å². The van der Waals surface area contributed by atoms with Crippen LogP contribution in [-0.2, 0) is 12.1 Å². The maximum absolute atomic E-state index is 10.6. The van der Waals surface area contributed by atoms with Gasteiger partial charge in [0.05, 0.1) is 19.4 Å². The first kappa shape index (κ1) is 18.7. The van der Waals surface area contributed by atoms with Crippen LogP contribution >= 0.6 is 0 Å². The Morgan fingerprint density at radius 2 is 2.19 bits per heavy atom. The Hall–Kier alpha value is -3.13. The summed E-state index contributed by atoms with van der Waals surface area (Å²) in [4.78, 5) is 8.91. The molecule has 1 unspecified atom stereocenters. The molecule has 3 heterocycles. The second-order valence-electron chi connectivity index (χ2n) is 6.27. The second-order valence-corrected chi connectivity index (χ2v) is 6.27. The summed E-state index contributed by atoms with van der Waals surface area (Å²) < 4.78 is 7.01. The van der Waals surface area contributed by atoms with E-state index in [-0.39, 0.29) is 6.54 Å². The van der Waals surface area contributed by atoms with Crippen molar-refractivity contribution in [3.05, 3.63) is 66.5 Å². The number of nitrogens with one attached hydrogen (secondary N) is 2. The molecule has 3 aromatic heterocycles. The molecular formula is C19H24N6O2. The SMILES string of the molecule is CCNC(=NCc1ccnc(-n2cccn2)c1)NCC(C)(O)c1ccco1. The maximum atomic E-state index is 10.6. The van der Waals surface area contributed by atoms with Crippen molar-refractivity contribution < 1.29 is 9.52 Å². The molecule has 3 aromatic rings. The Morgan fingerprint density at radius 3 is 2.89 bits per heavy atom. The standard InChI is InChI=1S/C19H24N6O2/c1-3-20-18(23-14-19(2,26)16-6-4-11-27-16)22-13-15-7-9-21-17(12-15)25-10-5-8-24-25/h4-12,26H,3,13-14H2,1-2H3,(H2,20,22,23). The highest BCUT2D eigenvalue weighted by Crippen LogP contribution is 2.19. The van der Waals surface area contributed by atoms with Gasteiger partial charge in [0.2, 0.25) is 0 Å². The monoisotopic (exact) mass is 368 g/mol. The van der Waals surface area contributed by atoms with Gasteiger partial charge >= 0.3 is 0 Å². The quantitative estimate of drug-likeness (QED) is 0.434. The van der Waals surface area contributed by atoms with Gasteiger partial charge in [0.1, 0.15) is 11.4 Å². The Morgan fingerprint density at radius 1 is 1.30 bits per heavy atom. The summed E-state index contributed by atoms with van der Waals surface area (Å²) in [6.45, 7) is 5.13. The van der Waals surface area contributed by atoms with Gasteiger partial charge in [-0.05, 0) is 49.7 Å². The first-order valence-corrected chi connectivity index (χ1v) is 8.82. The molecule has 0 saturated heterocycles. The van der Waals surface area contributed by atoms with Crippen LogP contribution in [0, 0.1) is 0 Å². The topological polar surface area (TPSA) is 100 Å². The third-order valence-electron chi connectivity index (χ3n) is 3.97. The van der Waals surface area contributed by atoms with Crippen LogP contribution in [0.5, 0.6) is 0 Å². The van der Waals surface area contributed by atoms with Crippen LogP contribution in [0.4, 0.5) is 0 Å². The van der Waals surface area contributed by atoms with Gasteiger partial charge in [0.25, 0.3) is 0 Å². The molecule has 3 N–H and O–H groups in total. The first-order chi connectivity index (χ1) is 13.1. The van der Waals surface area contributed by atoms with Crippen molar-refractivity contribution in [3.8, 4) is 5.82 Å². The second kappa shape index (κ2) is 8.50. The minimum absolute atomic E-state index is 0.265. The molecule has 0 radical (unpaired) electrons. The van der Waals surface area contributed by atoms with Crippen LogP contribution in [0.1, 0.15) is 25.2 Å². The third kappa shape index (κ3) is 4.95. The Kier molecular flexibility index (Phi) is 5.87. The van der Waals surface area contributed by atoms with Crippen molar-refractivity contribution in [2.24, 2.45) is 4.99 Å². The normalized spacial score (nSPS) is 14.0. The van der Waals surface area contributed by atoms with Crippen LogP contribution in [0.2, 0.25) is 0 Å². The van der Waals surface area contributed by atoms with Gasteiger partial charge in [-0.15, -0.1) is 0 Å². The van der Waals surface area contributed by atoms with E-state index in [9.17, 15) is 5.11 Å². The lowest BCUT2D eigenvalue weighted by molar-refractivity contribution is 0.0386. The highest BCUT2D eigenvalue weighted by Gasteiger charge is 2.26. The lowest BCUT2D eigenvalue weighted by Crippen LogP contribution is -2.44. The van der Waals surface area contributed by atoms with Crippen LogP contribution in [0.25, 0.3) is 5.82 Å². The molecule has 0 bridgehead atoms. The molecule has 0 aliphatic rings. The van der Waals surface area contributed by atoms with E-state index < -0.39 is 5.60 Å². The molecule has 3 rings (SSSR count). The number of aliphatic hydroxyl groups is 1. The number of aliphatic imine (C=N–C) groups is 1. The molecule has 142 valence electrons. The number of furan rings is 1. The Labute approximate surface area is 158 Å². The number of nitrogens with zero attached hydrogens (tertiary/aromatic N) is 4. The fourth-order valence-electron chi connectivity index (χ4n) is 2.53. The average molecular weight is 368 g/mol. The van der Waals surface area contributed by atoms with Crippen molar-refractivity contribution in [1.29, 1.82) is 0 Å². The van der Waals surface area contributed by atoms with E-state index in [0.29, 0.717) is 24.8 Å². The van der Waals surface area contributed by atoms with Gasteiger partial charge in [-0.2, -0.15) is 5.10 Å². The zero-order valence-corrected chi connectivity index (χ0v) is 15.5. The van der Waals surface area contributed by atoms with E-state index >= 15 is 0 Å². The van der Waals surface area contributed by atoms with Gasteiger partial charge in [-0.3, -0.25) is 0 Å². The molecule has 0 fully saturated rings. The predicted molar refractivity (Wildman–Crippen MR) is 102 cm³/mol. The molecule has 0 aliphatic carbocycles. The number of hydrogen-bond donors (Lipinski definition) is 3. The van der Waals surface area contributed by atoms with Gasteiger partial charge in [-0.25, -0.2) is 14.7 Å². The first-order valence-electron chi connectivity index (χ1n) is 8.82. The molecule has 0 amide bonds. The molecular weight excluding hydrogens is 344 g/mol. The fourth-order valence-corrected chi connectivity index (χ4v) is 2.53. The van der Waals surface area contributed by atoms with Crippen LogP contribution in [-0.4, -0.2) is 38.9 Å². The molecule has 0 saturated carbocycles. The summed E-state index contributed by atoms with van der Waals surface area (Å²) in [7, 11) is 0. The minimum atomic E-state index is -1.14. The van der Waals surface area contributed by atoms with E-state index in [4.69, 9.17) is 4.42 Å². The smallest absolute Gasteiger partial charge is 0.191 e. The largest absolute Gasteiger partial charge is 0.466 e. The third-order valence-corrected chi connectivity index (χ3v) is 3.97. The van der Waals surface area contributed by atoms with E-state index in [0.717, 1.165) is 11.4 Å². The fraction of sp³-hybridized carbons (Fsp3) is 0.316. The number of rotatable bonds is 7. The zero-order chi connectivity index (χ0) is 19.1. The highest BCUT2D eigenvalue weighted by molar-refractivity contribution is 5.79. The number of aromatic nitrogens is 3. The Bertz CT molecular complexity index is 856. The van der Waals surface area contributed by atoms with Crippen molar-refractivity contribution >= 4 is 5.96 Å². The summed E-state index contributed by atoms with van der Waals surface area (Å²) in [5, 5.41) is 21.1. The van der Waals surface area contributed by atoms with Crippen LogP contribution in [0.3, 0.4) is 0 Å². The maximum Gasteiger partial charge on any atom is 0.191 e. The number of pyridine rings is 1. The molecule has 8 heteroatoms. The molecule has 1 atom stereocenters. The van der Waals surface area contributed by atoms with Crippen LogP contribution < -0.4 is 10.6 Å². The summed E-state index contributed by atoms with van der Waals surface area (Å²) in [5.41, 5.74) is -0.130. The zero-order valence-electron chi connectivity index (χ0n) is 15.5. The summed E-state index contributed by atoms with van der Waals surface area (Å²) in [5.74, 6) is 1.86. The summed E-state index contributed by atoms with van der Waals surface area (Å²) in [6, 6.07) is 9.21. The lowest BCUT2D eigenvalue weighted by Gasteiger charge is -2.22. The average Bonchev–Trinajstić information content (AvgIpc) is 3.38. The van der Waals surface area contributed by atoms with Gasteiger partial charge in [0.15, 0.2) is 11.8 Å². The summed E-state index contributed by atoms with van der Waals surface area (Å²) in [6.07, 6.45) is 6.84. The van der Waals surface area contributed by atoms with E-state index in [1.165, 1.54) is 0 Å². The van der Waals surface area contributed by atoms with E-state index in [2.05, 4.69) is 25.7 Å². The molecule has 0 aliphatic heterocycles. The lowest BCUT2D eigenvalue weighted by atomic mass is 10.0. The van der Waals surface area contributed by atoms with E-state index in [1.54, 1.807) is 42.4 Å². The molecule has 0 aromatic carbocycles. The number of hydrogen-bond acceptors (Lipinski definition) is 5. The van der Waals surface area contributed by atoms with Crippen LogP contribution in [0.15, 0.2) is 64.6 Å². The van der Waals surface area contributed by atoms with Crippen molar-refractivity contribution in [3.63, 3.8) is 0 Å². The van der Waals surface area contributed by atoms with Crippen molar-refractivity contribution in [2.75, 3.05) is 13.1 Å². The van der Waals surface area contributed by atoms with E-state index in [1.807, 2.05) is 31.3 Å². The molecule has 27 heavy (non-hydrogen) atoms. The highest BCUT2D eigenvalue weighted by atomic mass is 16.4. The predicted octanol–water partition coefficient (Wildman–Crippen LogP) is 1.82. The van der Waals surface area contributed by atoms with Crippen molar-refractivity contribution in [2.45, 2.75) is 26.0 Å². The molecule has 0 spiro atoms. The van der Waals surface area contributed by atoms with Gasteiger partial charge in [0, 0.05) is 25.1 Å². The summed E-state index contributed by atoms with van der Waals surface area (Å²) >= 11 is 0.